The first-order chi connectivity index (χ1) is 9.38. The summed E-state index contributed by atoms with van der Waals surface area (Å²) in [6.07, 6.45) is 7.68. The Morgan fingerprint density at radius 3 is 3.16 bits per heavy atom. The number of hydrazine groups is 1. The molecule has 3 rings (SSSR count). The van der Waals surface area contributed by atoms with Gasteiger partial charge in [0.05, 0.1) is 6.26 Å². The summed E-state index contributed by atoms with van der Waals surface area (Å²) in [5.41, 5.74) is 5.54. The van der Waals surface area contributed by atoms with Crippen LogP contribution in [0, 0.1) is 0 Å². The number of fused-ring (bicyclic) bond motifs is 1. The molecule has 0 fully saturated rings. The van der Waals surface area contributed by atoms with Gasteiger partial charge in [-0.2, -0.15) is 0 Å². The van der Waals surface area contributed by atoms with Gasteiger partial charge in [0.2, 0.25) is 0 Å². The molecule has 0 saturated carbocycles. The molecule has 1 aliphatic rings. The van der Waals surface area contributed by atoms with E-state index in [1.54, 1.807) is 6.26 Å². The molecule has 0 aromatic carbocycles. The monoisotopic (exact) mass is 257 g/mol. The average molecular weight is 257 g/mol. The van der Waals surface area contributed by atoms with Gasteiger partial charge in [-0.3, -0.25) is 16.3 Å². The number of hydrogen-bond donors (Lipinski definition) is 2. The third kappa shape index (κ3) is 2.55. The normalized spacial score (nSPS) is 19.3. The van der Waals surface area contributed by atoms with E-state index in [0.29, 0.717) is 5.92 Å². The van der Waals surface area contributed by atoms with Crippen LogP contribution in [0.5, 0.6) is 0 Å². The number of hydrogen-bond acceptors (Lipinski definition) is 4. The van der Waals surface area contributed by atoms with Crippen molar-refractivity contribution in [3.05, 3.63) is 53.7 Å². The van der Waals surface area contributed by atoms with Crippen LogP contribution in [-0.2, 0) is 12.8 Å². The Morgan fingerprint density at radius 2 is 2.37 bits per heavy atom. The maximum Gasteiger partial charge on any atom is 0.103 e. The standard InChI is InChI=1S/C15H19N3O/c16-18-14(8-6-12-4-2-10-19-12)13-7-5-11-3-1-9-17-15(11)13/h1-4,9-10,13-14,18H,5-8,16H2. The van der Waals surface area contributed by atoms with Crippen LogP contribution < -0.4 is 11.3 Å². The minimum atomic E-state index is 0.251. The van der Waals surface area contributed by atoms with Gasteiger partial charge >= 0.3 is 0 Å². The van der Waals surface area contributed by atoms with Gasteiger partial charge in [-0.25, -0.2) is 0 Å². The van der Waals surface area contributed by atoms with Crippen LogP contribution in [0.1, 0.15) is 35.8 Å². The van der Waals surface area contributed by atoms with Crippen LogP contribution in [0.4, 0.5) is 0 Å². The lowest BCUT2D eigenvalue weighted by atomic mass is 9.93. The topological polar surface area (TPSA) is 64.1 Å². The molecule has 0 spiro atoms. The van der Waals surface area contributed by atoms with E-state index in [-0.39, 0.29) is 6.04 Å². The minimum absolute atomic E-state index is 0.251. The zero-order valence-electron chi connectivity index (χ0n) is 10.9. The molecule has 3 N–H and O–H groups in total. The molecule has 1 aliphatic carbocycles. The summed E-state index contributed by atoms with van der Waals surface area (Å²) in [6.45, 7) is 0. The van der Waals surface area contributed by atoms with Crippen LogP contribution in [0.2, 0.25) is 0 Å². The number of nitrogens with two attached hydrogens (primary N) is 1. The summed E-state index contributed by atoms with van der Waals surface area (Å²) in [7, 11) is 0. The number of pyridine rings is 1. The highest BCUT2D eigenvalue weighted by atomic mass is 16.3. The fourth-order valence-corrected chi connectivity index (χ4v) is 2.99. The Kier molecular flexibility index (Phi) is 3.62. The molecule has 2 aromatic heterocycles. The Hall–Kier alpha value is -1.65. The lowest BCUT2D eigenvalue weighted by Gasteiger charge is -2.22. The zero-order valence-corrected chi connectivity index (χ0v) is 10.9. The highest BCUT2D eigenvalue weighted by molar-refractivity contribution is 5.30. The molecule has 0 bridgehead atoms. The first-order valence-corrected chi connectivity index (χ1v) is 6.81. The second-order valence-electron chi connectivity index (χ2n) is 5.08. The molecule has 19 heavy (non-hydrogen) atoms. The smallest absolute Gasteiger partial charge is 0.103 e. The predicted molar refractivity (Wildman–Crippen MR) is 73.4 cm³/mol. The molecule has 4 heteroatoms. The number of aromatic nitrogens is 1. The summed E-state index contributed by atoms with van der Waals surface area (Å²) < 4.78 is 5.38. The number of nitrogens with zero attached hydrogens (tertiary/aromatic N) is 1. The van der Waals surface area contributed by atoms with Gasteiger partial charge in [-0.15, -0.1) is 0 Å². The fourth-order valence-electron chi connectivity index (χ4n) is 2.99. The number of rotatable bonds is 5. The van der Waals surface area contributed by atoms with Crippen molar-refractivity contribution in [2.75, 3.05) is 0 Å². The molecular formula is C15H19N3O. The number of aryl methyl sites for hydroxylation is 2. The lowest BCUT2D eigenvalue weighted by Crippen LogP contribution is -2.39. The molecule has 4 nitrogen and oxygen atoms in total. The van der Waals surface area contributed by atoms with E-state index in [1.165, 1.54) is 11.3 Å². The quantitative estimate of drug-likeness (QED) is 0.636. The highest BCUT2D eigenvalue weighted by Gasteiger charge is 2.30. The van der Waals surface area contributed by atoms with Crippen LogP contribution in [0.3, 0.4) is 0 Å². The highest BCUT2D eigenvalue weighted by Crippen LogP contribution is 2.34. The molecule has 2 atom stereocenters. The Morgan fingerprint density at radius 1 is 1.42 bits per heavy atom. The Bertz CT molecular complexity index is 524. The SMILES string of the molecule is NNC(CCc1ccco1)C1CCc2cccnc21. The van der Waals surface area contributed by atoms with Crippen molar-refractivity contribution in [1.29, 1.82) is 0 Å². The van der Waals surface area contributed by atoms with Crippen molar-refractivity contribution >= 4 is 0 Å². The largest absolute Gasteiger partial charge is 0.469 e. The molecule has 2 unspecified atom stereocenters. The first kappa shape index (κ1) is 12.4. The third-order valence-electron chi connectivity index (χ3n) is 3.98. The van der Waals surface area contributed by atoms with Gasteiger partial charge in [0.15, 0.2) is 0 Å². The van der Waals surface area contributed by atoms with Crippen LogP contribution in [-0.4, -0.2) is 11.0 Å². The Labute approximate surface area is 113 Å². The summed E-state index contributed by atoms with van der Waals surface area (Å²) in [5.74, 6) is 7.17. The maximum absolute atomic E-state index is 5.74. The van der Waals surface area contributed by atoms with Gasteiger partial charge < -0.3 is 4.42 Å². The second-order valence-corrected chi connectivity index (χ2v) is 5.08. The van der Waals surface area contributed by atoms with Gasteiger partial charge in [0.25, 0.3) is 0 Å². The summed E-state index contributed by atoms with van der Waals surface area (Å²) in [6, 6.07) is 8.36. The molecule has 0 saturated heterocycles. The molecule has 2 heterocycles. The minimum Gasteiger partial charge on any atom is -0.469 e. The summed E-state index contributed by atoms with van der Waals surface area (Å²) in [4.78, 5) is 4.54. The van der Waals surface area contributed by atoms with E-state index in [4.69, 9.17) is 10.3 Å². The van der Waals surface area contributed by atoms with Gasteiger partial charge in [-0.05, 0) is 43.0 Å². The predicted octanol–water partition coefficient (Wildman–Crippen LogP) is 2.17. The van der Waals surface area contributed by atoms with Gasteiger partial charge in [0, 0.05) is 30.3 Å². The third-order valence-corrected chi connectivity index (χ3v) is 3.98. The molecule has 0 radical (unpaired) electrons. The van der Waals surface area contributed by atoms with Gasteiger partial charge in [-0.1, -0.05) is 6.07 Å². The van der Waals surface area contributed by atoms with E-state index in [0.717, 1.165) is 31.4 Å². The molecule has 100 valence electrons. The van der Waals surface area contributed by atoms with Crippen LogP contribution in [0.25, 0.3) is 0 Å². The maximum atomic E-state index is 5.74. The average Bonchev–Trinajstić information content (AvgIpc) is 3.09. The fraction of sp³-hybridized carbons (Fsp3) is 0.400. The van der Waals surface area contributed by atoms with Crippen molar-refractivity contribution in [2.45, 2.75) is 37.6 Å². The molecular weight excluding hydrogens is 238 g/mol. The number of furan rings is 1. The zero-order chi connectivity index (χ0) is 13.1. The van der Waals surface area contributed by atoms with E-state index in [1.807, 2.05) is 24.4 Å². The summed E-state index contributed by atoms with van der Waals surface area (Å²) in [5, 5.41) is 0. The summed E-state index contributed by atoms with van der Waals surface area (Å²) >= 11 is 0. The molecule has 2 aromatic rings. The van der Waals surface area contributed by atoms with E-state index < -0.39 is 0 Å². The van der Waals surface area contributed by atoms with Gasteiger partial charge in [0.1, 0.15) is 5.76 Å². The van der Waals surface area contributed by atoms with E-state index in [9.17, 15) is 0 Å². The van der Waals surface area contributed by atoms with E-state index in [2.05, 4.69) is 16.5 Å². The van der Waals surface area contributed by atoms with Crippen molar-refractivity contribution in [3.8, 4) is 0 Å². The molecule has 0 amide bonds. The lowest BCUT2D eigenvalue weighted by molar-refractivity contribution is 0.391. The Balaban J connectivity index is 1.69. The van der Waals surface area contributed by atoms with Crippen molar-refractivity contribution in [2.24, 2.45) is 5.84 Å². The van der Waals surface area contributed by atoms with Crippen molar-refractivity contribution in [1.82, 2.24) is 10.4 Å². The first-order valence-electron chi connectivity index (χ1n) is 6.81. The van der Waals surface area contributed by atoms with Crippen molar-refractivity contribution < 1.29 is 4.42 Å². The molecule has 0 aliphatic heterocycles. The number of nitrogens with one attached hydrogen (secondary N) is 1. The van der Waals surface area contributed by atoms with Crippen LogP contribution in [0.15, 0.2) is 41.1 Å². The second kappa shape index (κ2) is 5.55. The van der Waals surface area contributed by atoms with Crippen LogP contribution >= 0.6 is 0 Å². The van der Waals surface area contributed by atoms with E-state index >= 15 is 0 Å². The van der Waals surface area contributed by atoms with Crippen molar-refractivity contribution in [3.63, 3.8) is 0 Å².